The SMILES string of the molecule is CC/C=C\C/C=C\C/C=C\C/C=C\C/C=C\CCCCCC(=O)OC(COC(=O)CCCCCCCCCCC/C=C\C/C=C\CCCCCCC)COC(=O)CCCCCCCCCCCCCCCCC. The molecule has 0 aliphatic rings. The first-order valence-electron chi connectivity index (χ1n) is 31.1. The number of carbonyl (C=O) groups excluding carboxylic acids is 3. The number of hydrogen-bond donors (Lipinski definition) is 0. The van der Waals surface area contributed by atoms with Crippen LogP contribution in [0.4, 0.5) is 0 Å². The third-order valence-corrected chi connectivity index (χ3v) is 13.4. The van der Waals surface area contributed by atoms with Gasteiger partial charge in [-0.3, -0.25) is 14.4 Å². The molecule has 6 heteroatoms. The summed E-state index contributed by atoms with van der Waals surface area (Å²) in [6.07, 6.45) is 80.1. The fourth-order valence-corrected chi connectivity index (χ4v) is 8.74. The molecule has 0 aromatic carbocycles. The molecule has 420 valence electrons. The Bertz CT molecular complexity index is 1400. The van der Waals surface area contributed by atoms with Gasteiger partial charge >= 0.3 is 17.9 Å². The van der Waals surface area contributed by atoms with Crippen molar-refractivity contribution in [1.29, 1.82) is 0 Å². The van der Waals surface area contributed by atoms with E-state index in [0.29, 0.717) is 12.8 Å². The lowest BCUT2D eigenvalue weighted by molar-refractivity contribution is -0.167. The van der Waals surface area contributed by atoms with E-state index in [2.05, 4.69) is 106 Å². The highest BCUT2D eigenvalue weighted by Crippen LogP contribution is 2.16. The second-order valence-electron chi connectivity index (χ2n) is 20.6. The number of rotatable bonds is 56. The second kappa shape index (κ2) is 61.1. The van der Waals surface area contributed by atoms with E-state index in [1.54, 1.807) is 0 Å². The van der Waals surface area contributed by atoms with Gasteiger partial charge in [0.15, 0.2) is 6.10 Å². The molecule has 6 nitrogen and oxygen atoms in total. The molecule has 0 saturated carbocycles. The molecule has 1 unspecified atom stereocenters. The van der Waals surface area contributed by atoms with Gasteiger partial charge in [0.2, 0.25) is 0 Å². The highest BCUT2D eigenvalue weighted by molar-refractivity contribution is 5.71. The molecule has 0 aromatic heterocycles. The van der Waals surface area contributed by atoms with Crippen LogP contribution in [-0.2, 0) is 28.6 Å². The van der Waals surface area contributed by atoms with Crippen molar-refractivity contribution < 1.29 is 28.6 Å². The van der Waals surface area contributed by atoms with Crippen molar-refractivity contribution in [1.82, 2.24) is 0 Å². The summed E-state index contributed by atoms with van der Waals surface area (Å²) in [6, 6.07) is 0. The lowest BCUT2D eigenvalue weighted by atomic mass is 10.0. The minimum Gasteiger partial charge on any atom is -0.462 e. The molecule has 0 rings (SSSR count). The van der Waals surface area contributed by atoms with E-state index >= 15 is 0 Å². The summed E-state index contributed by atoms with van der Waals surface area (Å²) >= 11 is 0. The third kappa shape index (κ3) is 59.3. The minimum atomic E-state index is -0.796. The molecule has 0 amide bonds. The molecular weight excluding hydrogens is 901 g/mol. The highest BCUT2D eigenvalue weighted by Gasteiger charge is 2.19. The van der Waals surface area contributed by atoms with E-state index in [1.807, 2.05) is 0 Å². The molecule has 0 aliphatic carbocycles. The van der Waals surface area contributed by atoms with Gasteiger partial charge in [-0.25, -0.2) is 0 Å². The van der Waals surface area contributed by atoms with Crippen molar-refractivity contribution in [3.63, 3.8) is 0 Å². The molecule has 0 N–H and O–H groups in total. The summed E-state index contributed by atoms with van der Waals surface area (Å²) in [5.41, 5.74) is 0. The van der Waals surface area contributed by atoms with Gasteiger partial charge in [-0.15, -0.1) is 0 Å². The van der Waals surface area contributed by atoms with Gasteiger partial charge in [0.25, 0.3) is 0 Å². The Kier molecular flexibility index (Phi) is 58.3. The van der Waals surface area contributed by atoms with E-state index in [0.717, 1.165) is 103 Å². The molecule has 0 saturated heterocycles. The van der Waals surface area contributed by atoms with E-state index in [1.165, 1.54) is 161 Å². The number of hydrogen-bond acceptors (Lipinski definition) is 6. The first-order chi connectivity index (χ1) is 36.0. The molecule has 0 bridgehead atoms. The van der Waals surface area contributed by atoms with Crippen molar-refractivity contribution in [2.45, 2.75) is 309 Å². The Morgan fingerprint density at radius 3 is 0.849 bits per heavy atom. The lowest BCUT2D eigenvalue weighted by Crippen LogP contribution is -2.30. The first-order valence-corrected chi connectivity index (χ1v) is 31.1. The Morgan fingerprint density at radius 2 is 0.534 bits per heavy atom. The van der Waals surface area contributed by atoms with Crippen LogP contribution in [0.2, 0.25) is 0 Å². The molecular formula is C67H116O6. The third-order valence-electron chi connectivity index (χ3n) is 13.4. The fraction of sp³-hybridized carbons (Fsp3) is 0.746. The Balaban J connectivity index is 4.42. The fourth-order valence-electron chi connectivity index (χ4n) is 8.74. The number of ether oxygens (including phenoxy) is 3. The normalized spacial score (nSPS) is 12.6. The molecule has 0 heterocycles. The molecule has 0 radical (unpaired) electrons. The van der Waals surface area contributed by atoms with Gasteiger partial charge in [0.1, 0.15) is 13.2 Å². The highest BCUT2D eigenvalue weighted by atomic mass is 16.6. The van der Waals surface area contributed by atoms with E-state index in [-0.39, 0.29) is 37.5 Å². The Morgan fingerprint density at radius 1 is 0.288 bits per heavy atom. The lowest BCUT2D eigenvalue weighted by Gasteiger charge is -2.18. The standard InChI is InChI=1S/C67H116O6/c1-4-7-10-13-16-19-22-25-28-30-32-33-35-36-39-42-45-48-51-54-57-60-66(69)72-63-64(62-71-65(68)59-56-53-50-47-44-41-38-27-24-21-18-15-12-9-6-3)73-67(70)61-58-55-52-49-46-43-40-37-34-31-29-26-23-20-17-14-11-8-5-2/h8,11,17,20,22,25-26,29-30,32,34,37,43,46,64H,4-7,9-10,12-16,18-19,21,23-24,27-28,31,33,35-36,38-42,44-45,47-63H2,1-3H3/b11-8-,20-17-,25-22-,29-26-,32-30-,37-34-,46-43-. The van der Waals surface area contributed by atoms with Crippen LogP contribution >= 0.6 is 0 Å². The maximum absolute atomic E-state index is 12.9. The zero-order chi connectivity index (χ0) is 52.9. The van der Waals surface area contributed by atoms with Crippen molar-refractivity contribution in [2.24, 2.45) is 0 Å². The van der Waals surface area contributed by atoms with Crippen LogP contribution in [0.3, 0.4) is 0 Å². The number of carbonyl (C=O) groups is 3. The van der Waals surface area contributed by atoms with Gasteiger partial charge in [-0.05, 0) is 96.3 Å². The van der Waals surface area contributed by atoms with Crippen molar-refractivity contribution in [3.05, 3.63) is 85.1 Å². The van der Waals surface area contributed by atoms with Crippen molar-refractivity contribution >= 4 is 17.9 Å². The molecule has 0 aromatic rings. The summed E-state index contributed by atoms with van der Waals surface area (Å²) in [5, 5.41) is 0. The van der Waals surface area contributed by atoms with E-state index < -0.39 is 6.10 Å². The topological polar surface area (TPSA) is 78.9 Å². The Hall–Kier alpha value is -3.41. The number of esters is 3. The average Bonchev–Trinajstić information content (AvgIpc) is 3.39. The summed E-state index contributed by atoms with van der Waals surface area (Å²) in [6.45, 7) is 6.52. The maximum atomic E-state index is 12.9. The molecule has 0 aliphatic heterocycles. The zero-order valence-electron chi connectivity index (χ0n) is 48.1. The van der Waals surface area contributed by atoms with E-state index in [9.17, 15) is 14.4 Å². The predicted octanol–water partition coefficient (Wildman–Crippen LogP) is 21.1. The van der Waals surface area contributed by atoms with Gasteiger partial charge in [-0.2, -0.15) is 0 Å². The van der Waals surface area contributed by atoms with Gasteiger partial charge in [0, 0.05) is 19.3 Å². The van der Waals surface area contributed by atoms with Crippen molar-refractivity contribution in [2.75, 3.05) is 13.2 Å². The molecule has 73 heavy (non-hydrogen) atoms. The van der Waals surface area contributed by atoms with Crippen LogP contribution in [0.15, 0.2) is 85.1 Å². The van der Waals surface area contributed by atoms with Crippen LogP contribution in [0.1, 0.15) is 303 Å². The average molecular weight is 1020 g/mol. The quantitative estimate of drug-likeness (QED) is 0.0261. The van der Waals surface area contributed by atoms with Crippen LogP contribution in [0.25, 0.3) is 0 Å². The molecule has 0 fully saturated rings. The van der Waals surface area contributed by atoms with Gasteiger partial charge in [-0.1, -0.05) is 273 Å². The summed E-state index contributed by atoms with van der Waals surface area (Å²) < 4.78 is 16.9. The van der Waals surface area contributed by atoms with Crippen LogP contribution in [0, 0.1) is 0 Å². The monoisotopic (exact) mass is 1020 g/mol. The second-order valence-corrected chi connectivity index (χ2v) is 20.6. The zero-order valence-corrected chi connectivity index (χ0v) is 48.1. The minimum absolute atomic E-state index is 0.0890. The smallest absolute Gasteiger partial charge is 0.306 e. The van der Waals surface area contributed by atoms with Crippen LogP contribution < -0.4 is 0 Å². The van der Waals surface area contributed by atoms with E-state index in [4.69, 9.17) is 14.2 Å². The van der Waals surface area contributed by atoms with Gasteiger partial charge < -0.3 is 14.2 Å². The number of unbranched alkanes of at least 4 members (excludes halogenated alkanes) is 31. The van der Waals surface area contributed by atoms with Crippen LogP contribution in [-0.4, -0.2) is 37.2 Å². The maximum Gasteiger partial charge on any atom is 0.306 e. The van der Waals surface area contributed by atoms with Crippen LogP contribution in [0.5, 0.6) is 0 Å². The largest absolute Gasteiger partial charge is 0.462 e. The van der Waals surface area contributed by atoms with Crippen molar-refractivity contribution in [3.8, 4) is 0 Å². The summed E-state index contributed by atoms with van der Waals surface area (Å²) in [7, 11) is 0. The first kappa shape index (κ1) is 69.6. The van der Waals surface area contributed by atoms with Gasteiger partial charge in [0.05, 0.1) is 0 Å². The molecule has 0 spiro atoms. The predicted molar refractivity (Wildman–Crippen MR) is 316 cm³/mol. The molecule has 1 atom stereocenters. The summed E-state index contributed by atoms with van der Waals surface area (Å²) in [5.74, 6) is -0.914. The number of allylic oxidation sites excluding steroid dienone is 14. The summed E-state index contributed by atoms with van der Waals surface area (Å²) in [4.78, 5) is 38.3. The Labute approximate surface area is 452 Å².